The van der Waals surface area contributed by atoms with Crippen LogP contribution in [0.4, 0.5) is 0 Å². The first-order valence-electron chi connectivity index (χ1n) is 12.8. The topological polar surface area (TPSA) is 64.7 Å². The predicted molar refractivity (Wildman–Crippen MR) is 156 cm³/mol. The second kappa shape index (κ2) is 8.57. The minimum Gasteiger partial charge on any atom is -0.455 e. The van der Waals surface area contributed by atoms with Crippen LogP contribution in [0.15, 0.2) is 126 Å². The minimum absolute atomic E-state index is 0.522. The van der Waals surface area contributed by atoms with Gasteiger partial charge in [0, 0.05) is 34.3 Å². The molecule has 0 spiro atoms. The van der Waals surface area contributed by atoms with E-state index in [1.54, 1.807) is 6.20 Å². The van der Waals surface area contributed by atoms with E-state index in [-0.39, 0.29) is 0 Å². The Balaban J connectivity index is 1.43. The molecule has 0 atom stereocenters. The van der Waals surface area contributed by atoms with Gasteiger partial charge in [0.05, 0.1) is 5.56 Å². The van der Waals surface area contributed by atoms with E-state index in [1.807, 2.05) is 72.9 Å². The van der Waals surface area contributed by atoms with Gasteiger partial charge in [-0.05, 0) is 27.6 Å². The highest BCUT2D eigenvalue weighted by Gasteiger charge is 2.19. The average molecular weight is 501 g/mol. The number of furan rings is 1. The van der Waals surface area contributed by atoms with Crippen molar-refractivity contribution in [3.05, 3.63) is 122 Å². The van der Waals surface area contributed by atoms with Crippen molar-refractivity contribution in [2.24, 2.45) is 0 Å². The molecule has 0 saturated heterocycles. The van der Waals surface area contributed by atoms with E-state index < -0.39 is 0 Å². The van der Waals surface area contributed by atoms with E-state index in [4.69, 9.17) is 19.4 Å². The molecule has 8 aromatic rings. The number of nitrogens with zero attached hydrogens (tertiary/aromatic N) is 4. The minimum atomic E-state index is 0.522. The van der Waals surface area contributed by atoms with E-state index in [0.29, 0.717) is 23.1 Å². The van der Waals surface area contributed by atoms with Crippen LogP contribution in [0.2, 0.25) is 0 Å². The zero-order valence-corrected chi connectivity index (χ0v) is 20.7. The monoisotopic (exact) mass is 500 g/mol. The number of fused-ring (bicyclic) bond motifs is 6. The van der Waals surface area contributed by atoms with Crippen LogP contribution >= 0.6 is 0 Å². The molecule has 0 aliphatic heterocycles. The summed E-state index contributed by atoms with van der Waals surface area (Å²) < 4.78 is 6.47. The third kappa shape index (κ3) is 3.48. The second-order valence-electron chi connectivity index (χ2n) is 9.52. The molecule has 0 unspecified atom stereocenters. The van der Waals surface area contributed by atoms with Crippen LogP contribution in [0.3, 0.4) is 0 Å². The summed E-state index contributed by atoms with van der Waals surface area (Å²) in [5.74, 6) is 1.73. The fourth-order valence-corrected chi connectivity index (χ4v) is 5.37. The Hall–Kier alpha value is -5.42. The number of hydrogen-bond acceptors (Lipinski definition) is 5. The zero-order valence-electron chi connectivity index (χ0n) is 20.7. The molecule has 8 rings (SSSR count). The van der Waals surface area contributed by atoms with Crippen LogP contribution in [0.1, 0.15) is 0 Å². The number of hydrogen-bond donors (Lipinski definition) is 0. The zero-order chi connectivity index (χ0) is 25.8. The molecule has 0 radical (unpaired) electrons. The summed E-state index contributed by atoms with van der Waals surface area (Å²) in [6, 6.07) is 36.9. The predicted octanol–water partition coefficient (Wildman–Crippen LogP) is 8.47. The van der Waals surface area contributed by atoms with Crippen molar-refractivity contribution in [2.45, 2.75) is 0 Å². The van der Waals surface area contributed by atoms with Crippen molar-refractivity contribution in [3.63, 3.8) is 0 Å². The van der Waals surface area contributed by atoms with E-state index in [2.05, 4.69) is 47.4 Å². The summed E-state index contributed by atoms with van der Waals surface area (Å²) in [6.45, 7) is 0. The molecule has 0 saturated carbocycles. The summed E-state index contributed by atoms with van der Waals surface area (Å²) in [6.07, 6.45) is 3.64. The maximum Gasteiger partial charge on any atom is 0.169 e. The van der Waals surface area contributed by atoms with Crippen LogP contribution in [-0.4, -0.2) is 19.9 Å². The Morgan fingerprint density at radius 2 is 1.13 bits per heavy atom. The molecule has 3 aromatic heterocycles. The summed E-state index contributed by atoms with van der Waals surface area (Å²) >= 11 is 0. The van der Waals surface area contributed by atoms with Crippen LogP contribution in [0.5, 0.6) is 0 Å². The van der Waals surface area contributed by atoms with E-state index in [9.17, 15) is 0 Å². The van der Waals surface area contributed by atoms with Crippen LogP contribution in [-0.2, 0) is 0 Å². The third-order valence-corrected chi connectivity index (χ3v) is 7.21. The maximum atomic E-state index is 6.47. The summed E-state index contributed by atoms with van der Waals surface area (Å²) in [4.78, 5) is 19.5. The lowest BCUT2D eigenvalue weighted by molar-refractivity contribution is 0.669. The lowest BCUT2D eigenvalue weighted by Crippen LogP contribution is -2.01. The molecule has 5 aromatic carbocycles. The van der Waals surface area contributed by atoms with E-state index in [0.717, 1.165) is 54.6 Å². The van der Waals surface area contributed by atoms with Crippen LogP contribution in [0, 0.1) is 0 Å². The summed E-state index contributed by atoms with van der Waals surface area (Å²) in [5.41, 5.74) is 4.12. The van der Waals surface area contributed by atoms with Gasteiger partial charge in [-0.2, -0.15) is 0 Å². The fourth-order valence-electron chi connectivity index (χ4n) is 5.37. The van der Waals surface area contributed by atoms with Gasteiger partial charge >= 0.3 is 0 Å². The SMILES string of the molecule is c1ccc(-c2nc(-c3cccc4ccccc34)nc(-c3cncc4c3oc3ccc5ccccc5c34)n2)cc1. The Labute approximate surface area is 223 Å². The lowest BCUT2D eigenvalue weighted by Gasteiger charge is -2.10. The molecule has 0 bridgehead atoms. The molecule has 39 heavy (non-hydrogen) atoms. The molecular weight excluding hydrogens is 480 g/mol. The Kier molecular flexibility index (Phi) is 4.76. The van der Waals surface area contributed by atoms with Gasteiger partial charge in [-0.25, -0.2) is 15.0 Å². The van der Waals surface area contributed by atoms with Gasteiger partial charge in [-0.1, -0.05) is 103 Å². The highest BCUT2D eigenvalue weighted by Crippen LogP contribution is 2.38. The van der Waals surface area contributed by atoms with Crippen molar-refractivity contribution in [1.29, 1.82) is 0 Å². The molecule has 182 valence electrons. The highest BCUT2D eigenvalue weighted by atomic mass is 16.3. The number of benzene rings is 5. The first kappa shape index (κ1) is 21.6. The summed E-state index contributed by atoms with van der Waals surface area (Å²) in [7, 11) is 0. The molecule has 5 heteroatoms. The fraction of sp³-hybridized carbons (Fsp3) is 0. The van der Waals surface area contributed by atoms with Gasteiger partial charge in [0.25, 0.3) is 0 Å². The number of pyridine rings is 1. The van der Waals surface area contributed by atoms with E-state index in [1.165, 1.54) is 0 Å². The molecule has 0 amide bonds. The van der Waals surface area contributed by atoms with Crippen molar-refractivity contribution in [1.82, 2.24) is 19.9 Å². The van der Waals surface area contributed by atoms with Crippen molar-refractivity contribution < 1.29 is 4.42 Å². The van der Waals surface area contributed by atoms with Crippen LogP contribution < -0.4 is 0 Å². The largest absolute Gasteiger partial charge is 0.455 e. The second-order valence-corrected chi connectivity index (χ2v) is 9.52. The molecule has 0 fully saturated rings. The van der Waals surface area contributed by atoms with Gasteiger partial charge in [0.2, 0.25) is 0 Å². The van der Waals surface area contributed by atoms with Gasteiger partial charge in [-0.3, -0.25) is 4.98 Å². The van der Waals surface area contributed by atoms with Gasteiger partial charge in [0.15, 0.2) is 17.5 Å². The molecule has 0 aliphatic carbocycles. The number of rotatable bonds is 3. The van der Waals surface area contributed by atoms with Crippen molar-refractivity contribution in [2.75, 3.05) is 0 Å². The Morgan fingerprint density at radius 1 is 0.462 bits per heavy atom. The molecular formula is C34H20N4O. The quantitative estimate of drug-likeness (QED) is 0.243. The first-order valence-corrected chi connectivity index (χ1v) is 12.8. The maximum absolute atomic E-state index is 6.47. The van der Waals surface area contributed by atoms with Crippen LogP contribution in [0.25, 0.3) is 77.6 Å². The normalized spacial score (nSPS) is 11.6. The standard InChI is InChI=1S/C34H20N4O/c1-2-11-23(12-3-1)32-36-33(26-16-8-13-21-9-4-6-14-24(21)26)38-34(37-32)28-20-35-19-27-30-25-15-7-5-10-22(25)17-18-29(30)39-31(27)28/h1-20H. The van der Waals surface area contributed by atoms with Gasteiger partial charge in [0.1, 0.15) is 11.2 Å². The lowest BCUT2D eigenvalue weighted by atomic mass is 10.0. The highest BCUT2D eigenvalue weighted by molar-refractivity contribution is 6.20. The smallest absolute Gasteiger partial charge is 0.169 e. The third-order valence-electron chi connectivity index (χ3n) is 7.21. The molecule has 5 nitrogen and oxygen atoms in total. The number of aromatic nitrogens is 4. The Bertz CT molecular complexity index is 2180. The summed E-state index contributed by atoms with van der Waals surface area (Å²) in [5, 5.41) is 6.48. The van der Waals surface area contributed by atoms with Gasteiger partial charge in [-0.15, -0.1) is 0 Å². The Morgan fingerprint density at radius 3 is 1.97 bits per heavy atom. The molecule has 3 heterocycles. The van der Waals surface area contributed by atoms with Crippen molar-refractivity contribution in [3.8, 4) is 34.2 Å². The first-order chi connectivity index (χ1) is 19.3. The van der Waals surface area contributed by atoms with Crippen molar-refractivity contribution >= 4 is 43.5 Å². The van der Waals surface area contributed by atoms with Gasteiger partial charge < -0.3 is 4.42 Å². The molecule has 0 N–H and O–H groups in total. The average Bonchev–Trinajstić information content (AvgIpc) is 3.40. The molecule has 0 aliphatic rings. The van der Waals surface area contributed by atoms with E-state index >= 15 is 0 Å².